The van der Waals surface area contributed by atoms with E-state index in [-0.39, 0.29) is 11.5 Å². The second kappa shape index (κ2) is 9.12. The number of benzene rings is 2. The van der Waals surface area contributed by atoms with Crippen molar-refractivity contribution in [1.29, 1.82) is 0 Å². The molecule has 3 aromatic rings. The molecule has 0 atom stereocenters. The second-order valence-corrected chi connectivity index (χ2v) is 7.30. The molecule has 0 spiro atoms. The van der Waals surface area contributed by atoms with E-state index in [1.165, 1.54) is 23.5 Å². The van der Waals surface area contributed by atoms with E-state index in [4.69, 9.17) is 4.74 Å². The number of carbonyl (C=O) groups is 1. The quantitative estimate of drug-likeness (QED) is 0.560. The lowest BCUT2D eigenvalue weighted by atomic mass is 10.2. The van der Waals surface area contributed by atoms with Crippen LogP contribution in [0, 0.1) is 5.82 Å². The fraction of sp³-hybridized carbons (Fsp3) is 0.333. The minimum absolute atomic E-state index is 0.0545. The Morgan fingerprint density at radius 3 is 2.57 bits per heavy atom. The van der Waals surface area contributed by atoms with E-state index in [2.05, 4.69) is 23.7 Å². The summed E-state index contributed by atoms with van der Waals surface area (Å²) in [5.41, 5.74) is 0.812. The molecular weight excluding hydrogens is 377 g/mol. The summed E-state index contributed by atoms with van der Waals surface area (Å²) in [6.07, 6.45) is 0. The number of halogens is 1. The molecule has 0 bridgehead atoms. The summed E-state index contributed by atoms with van der Waals surface area (Å²) < 4.78 is 20.5. The van der Waals surface area contributed by atoms with Gasteiger partial charge in [-0.25, -0.2) is 9.37 Å². The van der Waals surface area contributed by atoms with Crippen LogP contribution < -0.4 is 9.64 Å². The maximum atomic E-state index is 14.3. The minimum atomic E-state index is -0.525. The molecule has 0 radical (unpaired) electrons. The maximum Gasteiger partial charge on any atom is 0.263 e. The van der Waals surface area contributed by atoms with Crippen molar-refractivity contribution in [2.75, 3.05) is 38.2 Å². The Labute approximate surface area is 168 Å². The van der Waals surface area contributed by atoms with Crippen LogP contribution in [-0.2, 0) is 0 Å². The van der Waals surface area contributed by atoms with Gasteiger partial charge in [0.2, 0.25) is 0 Å². The van der Waals surface area contributed by atoms with Crippen LogP contribution in [0.1, 0.15) is 24.2 Å². The molecule has 28 heavy (non-hydrogen) atoms. The lowest BCUT2D eigenvalue weighted by Gasteiger charge is -2.24. The van der Waals surface area contributed by atoms with Crippen molar-refractivity contribution in [3.8, 4) is 5.75 Å². The Morgan fingerprint density at radius 1 is 1.14 bits per heavy atom. The summed E-state index contributed by atoms with van der Waals surface area (Å²) in [6, 6.07) is 11.7. The molecule has 2 aromatic carbocycles. The third-order valence-electron chi connectivity index (χ3n) is 4.70. The Morgan fingerprint density at radius 2 is 1.89 bits per heavy atom. The highest BCUT2D eigenvalue weighted by Crippen LogP contribution is 2.32. The molecule has 1 heterocycles. The van der Waals surface area contributed by atoms with Crippen LogP contribution >= 0.6 is 11.3 Å². The van der Waals surface area contributed by atoms with Gasteiger partial charge in [0.1, 0.15) is 11.6 Å². The van der Waals surface area contributed by atoms with E-state index in [0.717, 1.165) is 23.3 Å². The van der Waals surface area contributed by atoms with Gasteiger partial charge in [0.25, 0.3) is 5.91 Å². The van der Waals surface area contributed by atoms with Crippen LogP contribution in [0.3, 0.4) is 0 Å². The summed E-state index contributed by atoms with van der Waals surface area (Å²) in [6.45, 7) is 7.05. The van der Waals surface area contributed by atoms with Gasteiger partial charge in [0, 0.05) is 19.2 Å². The first kappa shape index (κ1) is 20.2. The smallest absolute Gasteiger partial charge is 0.263 e. The number of methoxy groups -OCH3 is 1. The molecule has 0 aliphatic rings. The highest BCUT2D eigenvalue weighted by Gasteiger charge is 2.24. The predicted octanol–water partition coefficient (Wildman–Crippen LogP) is 4.43. The monoisotopic (exact) mass is 401 g/mol. The Hall–Kier alpha value is -2.51. The van der Waals surface area contributed by atoms with Gasteiger partial charge in [-0.15, -0.1) is 0 Å². The fourth-order valence-electron chi connectivity index (χ4n) is 2.98. The van der Waals surface area contributed by atoms with Crippen LogP contribution in [0.15, 0.2) is 42.5 Å². The van der Waals surface area contributed by atoms with E-state index in [9.17, 15) is 9.18 Å². The number of thiazole rings is 1. The molecule has 1 amide bonds. The van der Waals surface area contributed by atoms with Gasteiger partial charge in [0.15, 0.2) is 5.13 Å². The van der Waals surface area contributed by atoms with Gasteiger partial charge in [-0.1, -0.05) is 37.3 Å². The number of fused-ring (bicyclic) bond motifs is 1. The summed E-state index contributed by atoms with van der Waals surface area (Å²) >= 11 is 1.42. The summed E-state index contributed by atoms with van der Waals surface area (Å²) in [5.74, 6) is -0.195. The number of likely N-dealkylation sites (N-methyl/N-ethyl adjacent to an activating group) is 1. The average Bonchev–Trinajstić information content (AvgIpc) is 3.14. The van der Waals surface area contributed by atoms with Crippen molar-refractivity contribution in [2.45, 2.75) is 13.8 Å². The number of anilines is 1. The predicted molar refractivity (Wildman–Crippen MR) is 112 cm³/mol. The van der Waals surface area contributed by atoms with Crippen molar-refractivity contribution in [1.82, 2.24) is 9.88 Å². The van der Waals surface area contributed by atoms with Crippen LogP contribution in [-0.4, -0.2) is 49.1 Å². The number of rotatable bonds is 8. The van der Waals surface area contributed by atoms with Crippen molar-refractivity contribution in [3.63, 3.8) is 0 Å². The molecule has 148 valence electrons. The minimum Gasteiger partial charge on any atom is -0.497 e. The van der Waals surface area contributed by atoms with Crippen molar-refractivity contribution in [2.24, 2.45) is 0 Å². The van der Waals surface area contributed by atoms with Gasteiger partial charge in [-0.2, -0.15) is 0 Å². The molecule has 0 saturated heterocycles. The van der Waals surface area contributed by atoms with Crippen LogP contribution in [0.4, 0.5) is 9.52 Å². The molecule has 3 rings (SSSR count). The van der Waals surface area contributed by atoms with Gasteiger partial charge in [-0.3, -0.25) is 9.69 Å². The molecule has 1 aromatic heterocycles. The first-order valence-electron chi connectivity index (χ1n) is 9.30. The van der Waals surface area contributed by atoms with Crippen LogP contribution in [0.25, 0.3) is 10.2 Å². The highest BCUT2D eigenvalue weighted by molar-refractivity contribution is 7.22. The molecule has 5 nitrogen and oxygen atoms in total. The zero-order valence-electron chi connectivity index (χ0n) is 16.3. The zero-order valence-corrected chi connectivity index (χ0v) is 17.1. The van der Waals surface area contributed by atoms with E-state index < -0.39 is 5.82 Å². The maximum absolute atomic E-state index is 14.3. The molecular formula is C21H24FN3O2S. The number of hydrogen-bond donors (Lipinski definition) is 0. The first-order valence-corrected chi connectivity index (χ1v) is 10.1. The van der Waals surface area contributed by atoms with E-state index >= 15 is 0 Å². The highest BCUT2D eigenvalue weighted by atomic mass is 32.1. The Balaban J connectivity index is 1.97. The van der Waals surface area contributed by atoms with Crippen molar-refractivity contribution >= 4 is 32.6 Å². The van der Waals surface area contributed by atoms with Crippen molar-refractivity contribution < 1.29 is 13.9 Å². The Bertz CT molecular complexity index is 956. The molecule has 7 heteroatoms. The van der Waals surface area contributed by atoms with E-state index in [1.807, 2.05) is 18.2 Å². The lowest BCUT2D eigenvalue weighted by molar-refractivity contribution is 0.0980. The largest absolute Gasteiger partial charge is 0.497 e. The molecule has 0 saturated carbocycles. The zero-order chi connectivity index (χ0) is 20.1. The molecule has 0 N–H and O–H groups in total. The topological polar surface area (TPSA) is 45.7 Å². The lowest BCUT2D eigenvalue weighted by Crippen LogP contribution is -2.39. The SMILES string of the molecule is CCN(CC)CCN(C(=O)c1ccccc1F)c1nc2cc(OC)ccc2s1. The molecule has 0 unspecified atom stereocenters. The molecule has 0 aliphatic heterocycles. The molecule has 0 fully saturated rings. The number of hydrogen-bond acceptors (Lipinski definition) is 5. The third-order valence-corrected chi connectivity index (χ3v) is 5.76. The fourth-order valence-corrected chi connectivity index (χ4v) is 3.95. The van der Waals surface area contributed by atoms with Crippen LogP contribution in [0.5, 0.6) is 5.75 Å². The molecule has 0 aliphatic carbocycles. The number of carbonyl (C=O) groups excluding carboxylic acids is 1. The number of ether oxygens (including phenoxy) is 1. The Kier molecular flexibility index (Phi) is 6.59. The second-order valence-electron chi connectivity index (χ2n) is 6.29. The average molecular weight is 402 g/mol. The van der Waals surface area contributed by atoms with Gasteiger partial charge in [-0.05, 0) is 37.4 Å². The van der Waals surface area contributed by atoms with E-state index in [0.29, 0.717) is 24.0 Å². The third kappa shape index (κ3) is 4.31. The van der Waals surface area contributed by atoms with Crippen molar-refractivity contribution in [3.05, 3.63) is 53.8 Å². The normalized spacial score (nSPS) is 11.2. The summed E-state index contributed by atoms with van der Waals surface area (Å²) in [5, 5.41) is 0.559. The first-order chi connectivity index (χ1) is 13.6. The van der Waals surface area contributed by atoms with Gasteiger partial charge in [0.05, 0.1) is 22.9 Å². The standard InChI is InChI=1S/C21H24FN3O2S/c1-4-24(5-2)12-13-25(20(26)16-8-6-7-9-17(16)22)21-23-18-14-15(27-3)10-11-19(18)28-21/h6-11,14H,4-5,12-13H2,1-3H3. The number of amides is 1. The van der Waals surface area contributed by atoms with Gasteiger partial charge >= 0.3 is 0 Å². The number of nitrogens with zero attached hydrogens (tertiary/aromatic N) is 3. The van der Waals surface area contributed by atoms with E-state index in [1.54, 1.807) is 24.1 Å². The summed E-state index contributed by atoms with van der Waals surface area (Å²) in [4.78, 5) is 21.6. The number of aromatic nitrogens is 1. The van der Waals surface area contributed by atoms with Crippen LogP contribution in [0.2, 0.25) is 0 Å². The van der Waals surface area contributed by atoms with Gasteiger partial charge < -0.3 is 9.64 Å². The summed E-state index contributed by atoms with van der Waals surface area (Å²) in [7, 11) is 1.60.